The normalized spacial score (nSPS) is 18.1. The van der Waals surface area contributed by atoms with Gasteiger partial charge >= 0.3 is 5.97 Å². The van der Waals surface area contributed by atoms with Crippen LogP contribution in [0.2, 0.25) is 0 Å². The van der Waals surface area contributed by atoms with Crippen molar-refractivity contribution in [2.75, 3.05) is 39.6 Å². The molecule has 12 heteroatoms. The van der Waals surface area contributed by atoms with Crippen LogP contribution in [0, 0.1) is 0 Å². The number of benzene rings is 3. The van der Waals surface area contributed by atoms with E-state index < -0.39 is 41.5 Å². The zero-order valence-electron chi connectivity index (χ0n) is 21.4. The number of ether oxygens (including phenoxy) is 5. The predicted molar refractivity (Wildman–Crippen MR) is 140 cm³/mol. The molecule has 0 spiro atoms. The molecular weight excluding hydrogens is 526 g/mol. The first-order valence-corrected chi connectivity index (χ1v) is 12.5. The van der Waals surface area contributed by atoms with Crippen molar-refractivity contribution >= 4 is 5.97 Å². The highest BCUT2D eigenvalue weighted by Crippen LogP contribution is 2.51. The summed E-state index contributed by atoms with van der Waals surface area (Å²) in [6.45, 7) is 1.55. The number of phenols is 5. The zero-order chi connectivity index (χ0) is 28.6. The molecule has 0 saturated carbocycles. The number of phenolic OH excluding ortho intramolecular Hbond substituents is 5. The second-order valence-electron chi connectivity index (χ2n) is 8.86. The fraction of sp³-hybridized carbons (Fsp3) is 0.321. The van der Waals surface area contributed by atoms with E-state index in [0.717, 1.165) is 18.2 Å². The van der Waals surface area contributed by atoms with E-state index in [4.69, 9.17) is 29.4 Å². The van der Waals surface area contributed by atoms with E-state index in [2.05, 4.69) is 0 Å². The van der Waals surface area contributed by atoms with Gasteiger partial charge in [0, 0.05) is 24.2 Å². The summed E-state index contributed by atoms with van der Waals surface area (Å²) in [4.78, 5) is 13.2. The van der Waals surface area contributed by atoms with Crippen molar-refractivity contribution in [3.8, 4) is 34.5 Å². The lowest BCUT2D eigenvalue weighted by molar-refractivity contribution is -0.118. The lowest BCUT2D eigenvalue weighted by Gasteiger charge is -2.39. The minimum atomic E-state index is -1.27. The third-order valence-electron chi connectivity index (χ3n) is 6.07. The molecule has 0 amide bonds. The number of rotatable bonds is 12. The lowest BCUT2D eigenvalue weighted by Crippen LogP contribution is -2.40. The molecule has 1 heterocycles. The van der Waals surface area contributed by atoms with E-state index in [0.29, 0.717) is 19.8 Å². The van der Waals surface area contributed by atoms with Crippen LogP contribution in [-0.2, 0) is 18.9 Å². The first kappa shape index (κ1) is 28.8. The molecule has 3 aromatic carbocycles. The summed E-state index contributed by atoms with van der Waals surface area (Å²) < 4.78 is 28.8. The standard InChI is InChI=1S/C28H31NO11/c29-6-7-36-8-9-37-10-11-38-26-23-19(31)14-18(30)15-22(23)39-25(17-12-20(32)24(34)21(33)13-17)27(26)40-28(35)16-4-2-1-3-5-16/h1-5,12-15,25-27,30-34H,6-11,29H2. The van der Waals surface area contributed by atoms with Crippen LogP contribution in [-0.4, -0.2) is 77.2 Å². The quantitative estimate of drug-likeness (QED) is 0.109. The Bertz CT molecular complexity index is 1280. The number of carbonyl (C=O) groups excluding carboxylic acids is 1. The van der Waals surface area contributed by atoms with Gasteiger partial charge in [-0.3, -0.25) is 0 Å². The Labute approximate surface area is 229 Å². The van der Waals surface area contributed by atoms with Crippen molar-refractivity contribution in [3.63, 3.8) is 0 Å². The average molecular weight is 558 g/mol. The number of fused-ring (bicyclic) bond motifs is 1. The van der Waals surface area contributed by atoms with E-state index in [1.165, 1.54) is 6.07 Å². The van der Waals surface area contributed by atoms with Crippen molar-refractivity contribution in [2.45, 2.75) is 18.3 Å². The summed E-state index contributed by atoms with van der Waals surface area (Å²) in [5.74, 6) is -3.40. The van der Waals surface area contributed by atoms with Crippen LogP contribution >= 0.6 is 0 Å². The number of nitrogens with two attached hydrogens (primary N) is 1. The molecule has 3 aromatic rings. The van der Waals surface area contributed by atoms with Crippen LogP contribution in [0.25, 0.3) is 0 Å². The number of hydrogen-bond donors (Lipinski definition) is 6. The van der Waals surface area contributed by atoms with Crippen LogP contribution in [0.3, 0.4) is 0 Å². The van der Waals surface area contributed by atoms with Gasteiger partial charge in [0.1, 0.15) is 23.4 Å². The van der Waals surface area contributed by atoms with Gasteiger partial charge in [-0.15, -0.1) is 0 Å². The van der Waals surface area contributed by atoms with E-state index in [1.54, 1.807) is 30.3 Å². The molecule has 3 atom stereocenters. The lowest BCUT2D eigenvalue weighted by atomic mass is 9.90. The predicted octanol–water partition coefficient (Wildman–Crippen LogP) is 2.62. The molecule has 0 aliphatic carbocycles. The van der Waals surface area contributed by atoms with Crippen LogP contribution in [0.4, 0.5) is 0 Å². The molecule has 1 aliphatic heterocycles. The van der Waals surface area contributed by atoms with Crippen molar-refractivity contribution in [2.24, 2.45) is 5.73 Å². The second-order valence-corrected chi connectivity index (χ2v) is 8.86. The topological polar surface area (TPSA) is 190 Å². The maximum atomic E-state index is 13.2. The molecule has 3 unspecified atom stereocenters. The highest BCUT2D eigenvalue weighted by atomic mass is 16.6. The Morgan fingerprint density at radius 3 is 2.15 bits per heavy atom. The number of esters is 1. The molecule has 0 fully saturated rings. The monoisotopic (exact) mass is 557 g/mol. The first-order valence-electron chi connectivity index (χ1n) is 12.5. The van der Waals surface area contributed by atoms with Crippen molar-refractivity contribution in [1.82, 2.24) is 0 Å². The number of aromatic hydroxyl groups is 5. The fourth-order valence-electron chi connectivity index (χ4n) is 4.26. The first-order chi connectivity index (χ1) is 19.3. The number of carbonyl (C=O) groups is 1. The van der Waals surface area contributed by atoms with E-state index in [1.807, 2.05) is 0 Å². The molecule has 0 saturated heterocycles. The Morgan fingerprint density at radius 2 is 1.48 bits per heavy atom. The maximum absolute atomic E-state index is 13.2. The number of hydrogen-bond acceptors (Lipinski definition) is 12. The third-order valence-corrected chi connectivity index (χ3v) is 6.07. The van der Waals surface area contributed by atoms with Crippen molar-refractivity contribution < 1.29 is 54.0 Å². The second kappa shape index (κ2) is 13.2. The van der Waals surface area contributed by atoms with Gasteiger partial charge in [0.05, 0.1) is 44.2 Å². The maximum Gasteiger partial charge on any atom is 0.338 e. The van der Waals surface area contributed by atoms with Gasteiger partial charge in [0.2, 0.25) is 0 Å². The van der Waals surface area contributed by atoms with Gasteiger partial charge in [-0.05, 0) is 24.3 Å². The highest BCUT2D eigenvalue weighted by Gasteiger charge is 2.45. The SMILES string of the molecule is NCCOCCOCCOC1c2c(O)cc(O)cc2OC(c2cc(O)c(O)c(O)c2)C1OC(=O)c1ccccc1. The van der Waals surface area contributed by atoms with E-state index >= 15 is 0 Å². The van der Waals surface area contributed by atoms with Crippen LogP contribution in [0.1, 0.15) is 33.7 Å². The molecule has 40 heavy (non-hydrogen) atoms. The van der Waals surface area contributed by atoms with Gasteiger partial charge in [0.15, 0.2) is 29.5 Å². The summed E-state index contributed by atoms with van der Waals surface area (Å²) in [7, 11) is 0. The van der Waals surface area contributed by atoms with Crippen LogP contribution in [0.15, 0.2) is 54.6 Å². The largest absolute Gasteiger partial charge is 0.508 e. The Kier molecular flexibility index (Phi) is 9.51. The minimum Gasteiger partial charge on any atom is -0.508 e. The molecule has 0 radical (unpaired) electrons. The zero-order valence-corrected chi connectivity index (χ0v) is 21.4. The Balaban J connectivity index is 1.68. The smallest absolute Gasteiger partial charge is 0.338 e. The van der Waals surface area contributed by atoms with Gasteiger partial charge < -0.3 is 55.0 Å². The molecule has 214 valence electrons. The summed E-state index contributed by atoms with van der Waals surface area (Å²) in [5.41, 5.74) is 5.85. The van der Waals surface area contributed by atoms with Crippen LogP contribution < -0.4 is 10.5 Å². The van der Waals surface area contributed by atoms with Gasteiger partial charge in [0.25, 0.3) is 0 Å². The average Bonchev–Trinajstić information content (AvgIpc) is 2.93. The van der Waals surface area contributed by atoms with E-state index in [-0.39, 0.29) is 53.8 Å². The van der Waals surface area contributed by atoms with Gasteiger partial charge in [-0.2, -0.15) is 0 Å². The summed E-state index contributed by atoms with van der Waals surface area (Å²) in [5, 5.41) is 51.1. The molecule has 12 nitrogen and oxygen atoms in total. The fourth-order valence-corrected chi connectivity index (χ4v) is 4.26. The highest BCUT2D eigenvalue weighted by molar-refractivity contribution is 5.89. The summed E-state index contributed by atoms with van der Waals surface area (Å²) in [6, 6.07) is 12.8. The molecule has 0 aromatic heterocycles. The molecule has 7 N–H and O–H groups in total. The summed E-state index contributed by atoms with van der Waals surface area (Å²) in [6.07, 6.45) is -3.63. The third kappa shape index (κ3) is 6.66. The van der Waals surface area contributed by atoms with Crippen molar-refractivity contribution in [3.05, 3.63) is 71.3 Å². The van der Waals surface area contributed by atoms with Gasteiger partial charge in [-0.25, -0.2) is 4.79 Å². The molecule has 0 bridgehead atoms. The molecular formula is C28H31NO11. The van der Waals surface area contributed by atoms with Crippen molar-refractivity contribution in [1.29, 1.82) is 0 Å². The Hall–Kier alpha value is -4.23. The Morgan fingerprint density at radius 1 is 0.825 bits per heavy atom. The summed E-state index contributed by atoms with van der Waals surface area (Å²) >= 11 is 0. The van der Waals surface area contributed by atoms with Crippen LogP contribution in [0.5, 0.6) is 34.5 Å². The van der Waals surface area contributed by atoms with E-state index in [9.17, 15) is 30.3 Å². The molecule has 4 rings (SSSR count). The molecule has 1 aliphatic rings. The minimum absolute atomic E-state index is 0.000499. The van der Waals surface area contributed by atoms with Gasteiger partial charge in [-0.1, -0.05) is 18.2 Å².